The molecule has 2 aromatic rings. The smallest absolute Gasteiger partial charge is 0.137 e. The second-order valence-corrected chi connectivity index (χ2v) is 3.43. The molecule has 0 spiro atoms. The molecule has 0 aromatic carbocycles. The Bertz CT molecular complexity index is 415. The van der Waals surface area contributed by atoms with E-state index in [0.29, 0.717) is 0 Å². The Labute approximate surface area is 92.0 Å². The molecule has 0 aliphatic rings. The van der Waals surface area contributed by atoms with Crippen LogP contribution in [0, 0.1) is 6.92 Å². The number of pyridine rings is 1. The third-order valence-corrected chi connectivity index (χ3v) is 2.25. The van der Waals surface area contributed by atoms with E-state index in [1.54, 1.807) is 0 Å². The molecule has 0 fully saturated rings. The molecule has 0 aliphatic carbocycles. The highest BCUT2D eigenvalue weighted by atomic mass is 15.0. The Morgan fingerprint density at radius 1 is 1.33 bits per heavy atom. The van der Waals surface area contributed by atoms with Gasteiger partial charge in [-0.25, -0.2) is 4.98 Å². The Morgan fingerprint density at radius 2 is 2.07 bits per heavy atom. The molecule has 0 saturated heterocycles. The van der Waals surface area contributed by atoms with Crippen LogP contribution in [0.1, 0.15) is 38.4 Å². The van der Waals surface area contributed by atoms with E-state index in [1.807, 2.05) is 20.0 Å². The van der Waals surface area contributed by atoms with Crippen LogP contribution < -0.4 is 0 Å². The normalized spacial score (nSPS) is 9.87. The lowest BCUT2D eigenvalue weighted by molar-refractivity contribution is 0.867. The maximum absolute atomic E-state index is 4.36. The van der Waals surface area contributed by atoms with Gasteiger partial charge in [0.25, 0.3) is 0 Å². The Hall–Kier alpha value is -1.31. The van der Waals surface area contributed by atoms with Crippen LogP contribution in [0.2, 0.25) is 0 Å². The van der Waals surface area contributed by atoms with Crippen LogP contribution in [-0.2, 0) is 6.42 Å². The average molecular weight is 204 g/mol. The summed E-state index contributed by atoms with van der Waals surface area (Å²) in [5.74, 6) is 0. The summed E-state index contributed by atoms with van der Waals surface area (Å²) in [6.07, 6.45) is 6.34. The van der Waals surface area contributed by atoms with Gasteiger partial charge >= 0.3 is 0 Å². The number of hydrogen-bond donors (Lipinski definition) is 0. The van der Waals surface area contributed by atoms with Crippen molar-refractivity contribution in [1.82, 2.24) is 9.38 Å². The van der Waals surface area contributed by atoms with Gasteiger partial charge < -0.3 is 4.40 Å². The number of hydrogen-bond acceptors (Lipinski definition) is 1. The number of aromatic nitrogens is 2. The first-order valence-corrected chi connectivity index (χ1v) is 5.74. The molecule has 82 valence electrons. The third kappa shape index (κ3) is 2.58. The van der Waals surface area contributed by atoms with E-state index in [1.165, 1.54) is 17.7 Å². The van der Waals surface area contributed by atoms with E-state index in [0.717, 1.165) is 12.1 Å². The predicted octanol–water partition coefficient (Wildman–Crippen LogP) is 3.62. The van der Waals surface area contributed by atoms with Gasteiger partial charge in [0.15, 0.2) is 0 Å². The predicted molar refractivity (Wildman–Crippen MR) is 65.3 cm³/mol. The number of imidazole rings is 1. The van der Waals surface area contributed by atoms with Gasteiger partial charge in [-0.3, -0.25) is 0 Å². The van der Waals surface area contributed by atoms with Gasteiger partial charge in [0, 0.05) is 18.1 Å². The second-order valence-electron chi connectivity index (χ2n) is 3.43. The molecule has 2 heteroatoms. The summed E-state index contributed by atoms with van der Waals surface area (Å²) in [7, 11) is 0. The van der Waals surface area contributed by atoms with Gasteiger partial charge in [0.2, 0.25) is 0 Å². The first-order valence-electron chi connectivity index (χ1n) is 5.74. The van der Waals surface area contributed by atoms with Gasteiger partial charge in [0.05, 0.1) is 0 Å². The molecule has 2 nitrogen and oxygen atoms in total. The summed E-state index contributed by atoms with van der Waals surface area (Å²) in [5.41, 5.74) is 3.63. The van der Waals surface area contributed by atoms with Gasteiger partial charge in [-0.1, -0.05) is 27.2 Å². The van der Waals surface area contributed by atoms with E-state index in [9.17, 15) is 0 Å². The fourth-order valence-electron chi connectivity index (χ4n) is 1.58. The summed E-state index contributed by atoms with van der Waals surface area (Å²) in [6.45, 7) is 8.28. The van der Waals surface area contributed by atoms with Crippen molar-refractivity contribution in [2.75, 3.05) is 0 Å². The summed E-state index contributed by atoms with van der Waals surface area (Å²) in [4.78, 5) is 4.36. The van der Waals surface area contributed by atoms with Crippen molar-refractivity contribution in [3.05, 3.63) is 35.8 Å². The minimum absolute atomic E-state index is 1.06. The summed E-state index contributed by atoms with van der Waals surface area (Å²) in [6, 6.07) is 4.23. The topological polar surface area (TPSA) is 17.3 Å². The zero-order valence-electron chi connectivity index (χ0n) is 10.1. The van der Waals surface area contributed by atoms with Crippen molar-refractivity contribution >= 4 is 5.65 Å². The van der Waals surface area contributed by atoms with Crippen molar-refractivity contribution < 1.29 is 0 Å². The molecule has 0 N–H and O–H groups in total. The molecule has 0 saturated carbocycles. The van der Waals surface area contributed by atoms with Crippen LogP contribution in [0.3, 0.4) is 0 Å². The molecule has 2 heterocycles. The number of nitrogens with zero attached hydrogens (tertiary/aromatic N) is 2. The van der Waals surface area contributed by atoms with Crippen molar-refractivity contribution in [3.8, 4) is 0 Å². The fraction of sp³-hybridized carbons (Fsp3) is 0.462. The SMILES string of the molecule is CC.CCCc1cnc2cc(C)ccn12. The quantitative estimate of drug-likeness (QED) is 0.730. The molecule has 0 atom stereocenters. The molecule has 0 unspecified atom stereocenters. The van der Waals surface area contributed by atoms with E-state index < -0.39 is 0 Å². The van der Waals surface area contributed by atoms with Crippen LogP contribution in [-0.4, -0.2) is 9.38 Å². The highest BCUT2D eigenvalue weighted by Gasteiger charge is 2.00. The Balaban J connectivity index is 0.000000531. The van der Waals surface area contributed by atoms with Crippen molar-refractivity contribution in [3.63, 3.8) is 0 Å². The lowest BCUT2D eigenvalue weighted by Gasteiger charge is -1.99. The molecular formula is C13H20N2. The largest absolute Gasteiger partial charge is 0.304 e. The van der Waals surface area contributed by atoms with E-state index in [4.69, 9.17) is 0 Å². The molecule has 0 radical (unpaired) electrons. The monoisotopic (exact) mass is 204 g/mol. The minimum Gasteiger partial charge on any atom is -0.304 e. The molecule has 0 aliphatic heterocycles. The first kappa shape index (κ1) is 11.8. The molecule has 2 aromatic heterocycles. The number of fused-ring (bicyclic) bond motifs is 1. The Morgan fingerprint density at radius 3 is 2.73 bits per heavy atom. The maximum Gasteiger partial charge on any atom is 0.137 e. The zero-order valence-corrected chi connectivity index (χ0v) is 10.1. The highest BCUT2D eigenvalue weighted by Crippen LogP contribution is 2.10. The molecular weight excluding hydrogens is 184 g/mol. The van der Waals surface area contributed by atoms with Crippen LogP contribution in [0.4, 0.5) is 0 Å². The maximum atomic E-state index is 4.36. The summed E-state index contributed by atoms with van der Waals surface area (Å²) >= 11 is 0. The van der Waals surface area contributed by atoms with Crippen molar-refractivity contribution in [1.29, 1.82) is 0 Å². The zero-order chi connectivity index (χ0) is 11.3. The molecule has 0 bridgehead atoms. The summed E-state index contributed by atoms with van der Waals surface area (Å²) in [5, 5.41) is 0. The van der Waals surface area contributed by atoms with Gasteiger partial charge in [-0.15, -0.1) is 0 Å². The first-order chi connectivity index (χ1) is 7.31. The molecule has 2 rings (SSSR count). The van der Waals surface area contributed by atoms with Crippen LogP contribution in [0.25, 0.3) is 5.65 Å². The van der Waals surface area contributed by atoms with E-state index in [2.05, 4.69) is 41.6 Å². The van der Waals surface area contributed by atoms with Gasteiger partial charge in [-0.2, -0.15) is 0 Å². The average Bonchev–Trinajstić information content (AvgIpc) is 2.64. The minimum atomic E-state index is 1.06. The van der Waals surface area contributed by atoms with Gasteiger partial charge in [-0.05, 0) is 31.0 Å². The number of aryl methyl sites for hydroxylation is 2. The van der Waals surface area contributed by atoms with Crippen LogP contribution in [0.5, 0.6) is 0 Å². The lowest BCUT2D eigenvalue weighted by atomic mass is 10.2. The Kier molecular flexibility index (Phi) is 4.35. The van der Waals surface area contributed by atoms with Crippen LogP contribution >= 0.6 is 0 Å². The van der Waals surface area contributed by atoms with E-state index in [-0.39, 0.29) is 0 Å². The number of rotatable bonds is 2. The third-order valence-electron chi connectivity index (χ3n) is 2.25. The second kappa shape index (κ2) is 5.54. The van der Waals surface area contributed by atoms with Gasteiger partial charge in [0.1, 0.15) is 5.65 Å². The van der Waals surface area contributed by atoms with Crippen molar-refractivity contribution in [2.45, 2.75) is 40.5 Å². The van der Waals surface area contributed by atoms with E-state index >= 15 is 0 Å². The molecule has 15 heavy (non-hydrogen) atoms. The summed E-state index contributed by atoms with van der Waals surface area (Å²) < 4.78 is 2.16. The highest BCUT2D eigenvalue weighted by molar-refractivity contribution is 5.42. The lowest BCUT2D eigenvalue weighted by Crippen LogP contribution is -1.91. The van der Waals surface area contributed by atoms with Crippen molar-refractivity contribution in [2.24, 2.45) is 0 Å². The molecule has 0 amide bonds. The van der Waals surface area contributed by atoms with Crippen LogP contribution in [0.15, 0.2) is 24.5 Å². The standard InChI is InChI=1S/C11H14N2.C2H6/c1-3-4-10-8-12-11-7-9(2)5-6-13(10)11;1-2/h5-8H,3-4H2,1-2H3;1-2H3. The fourth-order valence-corrected chi connectivity index (χ4v) is 1.58.